The molecule has 0 radical (unpaired) electrons. The molecule has 5 heteroatoms. The van der Waals surface area contributed by atoms with Crippen molar-refractivity contribution in [1.82, 2.24) is 4.90 Å². The number of carbonyl (C=O) groups excluding carboxylic acids is 1. The Hall–Kier alpha value is -2.82. The van der Waals surface area contributed by atoms with Gasteiger partial charge in [0.05, 0.1) is 13.5 Å². The molecule has 0 unspecified atom stereocenters. The first-order valence-corrected chi connectivity index (χ1v) is 7.81. The number of fused-ring (bicyclic) bond motifs is 1. The minimum atomic E-state index is -0.974. The molecule has 0 aromatic heterocycles. The summed E-state index contributed by atoms with van der Waals surface area (Å²) in [5.74, 6) is -0.547. The third-order valence-corrected chi connectivity index (χ3v) is 4.39. The summed E-state index contributed by atoms with van der Waals surface area (Å²) in [7, 11) is 1.56. The van der Waals surface area contributed by atoms with Gasteiger partial charge in [0.25, 0.3) is 0 Å². The van der Waals surface area contributed by atoms with Crippen LogP contribution in [0.15, 0.2) is 48.5 Å². The Morgan fingerprint density at radius 1 is 1.12 bits per heavy atom. The Kier molecular flexibility index (Phi) is 4.51. The third kappa shape index (κ3) is 3.11. The normalized spacial score (nSPS) is 16.4. The standard InChI is InChI=1S/C19H19NO4/c1-24-17-9-5-4-7-14(17)11-18(21)20-12-15-8-3-2-6-13(15)10-16(20)19(22)23/h2-9,16H,10-12H2,1H3,(H,22,23)/t16-/m1/s1. The molecular weight excluding hydrogens is 306 g/mol. The Bertz CT molecular complexity index is 771. The number of para-hydroxylation sites is 1. The first-order valence-electron chi connectivity index (χ1n) is 7.81. The van der Waals surface area contributed by atoms with Gasteiger partial charge in [0.15, 0.2) is 0 Å². The van der Waals surface area contributed by atoms with Crippen molar-refractivity contribution in [2.24, 2.45) is 0 Å². The van der Waals surface area contributed by atoms with E-state index in [-0.39, 0.29) is 12.3 Å². The molecule has 24 heavy (non-hydrogen) atoms. The van der Waals surface area contributed by atoms with E-state index in [0.29, 0.717) is 18.7 Å². The highest BCUT2D eigenvalue weighted by Crippen LogP contribution is 2.25. The number of carboxylic acids is 1. The molecule has 0 spiro atoms. The minimum Gasteiger partial charge on any atom is -0.496 e. The van der Waals surface area contributed by atoms with Crippen molar-refractivity contribution < 1.29 is 19.4 Å². The van der Waals surface area contributed by atoms with E-state index < -0.39 is 12.0 Å². The number of hydrogen-bond donors (Lipinski definition) is 1. The Labute approximate surface area is 140 Å². The van der Waals surface area contributed by atoms with Crippen LogP contribution in [0.25, 0.3) is 0 Å². The van der Waals surface area contributed by atoms with Crippen molar-refractivity contribution in [2.45, 2.75) is 25.4 Å². The van der Waals surface area contributed by atoms with Crippen LogP contribution in [0.4, 0.5) is 0 Å². The van der Waals surface area contributed by atoms with Gasteiger partial charge in [-0.15, -0.1) is 0 Å². The SMILES string of the molecule is COc1ccccc1CC(=O)N1Cc2ccccc2C[C@@H]1C(=O)O. The summed E-state index contributed by atoms with van der Waals surface area (Å²) in [6.07, 6.45) is 0.457. The highest BCUT2D eigenvalue weighted by molar-refractivity contribution is 5.86. The van der Waals surface area contributed by atoms with Gasteiger partial charge >= 0.3 is 5.97 Å². The second-order valence-electron chi connectivity index (χ2n) is 5.84. The minimum absolute atomic E-state index is 0.121. The first kappa shape index (κ1) is 16.1. The molecule has 0 aliphatic carbocycles. The van der Waals surface area contributed by atoms with Crippen LogP contribution in [-0.4, -0.2) is 35.0 Å². The van der Waals surface area contributed by atoms with Crippen molar-refractivity contribution in [3.8, 4) is 5.75 Å². The number of aliphatic carboxylic acids is 1. The lowest BCUT2D eigenvalue weighted by Gasteiger charge is -2.34. The van der Waals surface area contributed by atoms with Gasteiger partial charge < -0.3 is 14.7 Å². The zero-order valence-electron chi connectivity index (χ0n) is 13.4. The molecular formula is C19H19NO4. The molecule has 0 fully saturated rings. The van der Waals surface area contributed by atoms with Crippen molar-refractivity contribution >= 4 is 11.9 Å². The summed E-state index contributed by atoms with van der Waals surface area (Å²) in [6, 6.07) is 14.1. The molecule has 0 saturated carbocycles. The van der Waals surface area contributed by atoms with E-state index in [4.69, 9.17) is 4.74 Å². The summed E-state index contributed by atoms with van der Waals surface area (Å²) >= 11 is 0. The van der Waals surface area contributed by atoms with Crippen LogP contribution >= 0.6 is 0 Å². The largest absolute Gasteiger partial charge is 0.496 e. The number of hydrogen-bond acceptors (Lipinski definition) is 3. The summed E-state index contributed by atoms with van der Waals surface area (Å²) < 4.78 is 5.28. The topological polar surface area (TPSA) is 66.8 Å². The molecule has 1 aliphatic rings. The summed E-state index contributed by atoms with van der Waals surface area (Å²) in [5, 5.41) is 9.53. The zero-order chi connectivity index (χ0) is 17.1. The molecule has 1 aliphatic heterocycles. The molecule has 1 amide bonds. The fraction of sp³-hybridized carbons (Fsp3) is 0.263. The average molecular weight is 325 g/mol. The maximum Gasteiger partial charge on any atom is 0.326 e. The molecule has 2 aromatic rings. The number of methoxy groups -OCH3 is 1. The molecule has 0 saturated heterocycles. The van der Waals surface area contributed by atoms with Gasteiger partial charge in [0, 0.05) is 18.5 Å². The number of nitrogens with zero attached hydrogens (tertiary/aromatic N) is 1. The van der Waals surface area contributed by atoms with Crippen molar-refractivity contribution in [3.63, 3.8) is 0 Å². The fourth-order valence-electron chi connectivity index (χ4n) is 3.12. The van der Waals surface area contributed by atoms with Crippen LogP contribution < -0.4 is 4.74 Å². The highest BCUT2D eigenvalue weighted by atomic mass is 16.5. The van der Waals surface area contributed by atoms with E-state index in [1.807, 2.05) is 42.5 Å². The monoisotopic (exact) mass is 325 g/mol. The second-order valence-corrected chi connectivity index (χ2v) is 5.84. The first-order chi connectivity index (χ1) is 11.6. The van der Waals surface area contributed by atoms with Crippen LogP contribution in [0.3, 0.4) is 0 Å². The number of carbonyl (C=O) groups is 2. The van der Waals surface area contributed by atoms with Crippen molar-refractivity contribution in [2.75, 3.05) is 7.11 Å². The number of benzene rings is 2. The molecule has 3 rings (SSSR count). The summed E-state index contributed by atoms with van der Waals surface area (Å²) in [5.41, 5.74) is 2.75. The van der Waals surface area contributed by atoms with Gasteiger partial charge in [0.2, 0.25) is 5.91 Å². The number of carboxylic acid groups (broad SMARTS) is 1. The van der Waals surface area contributed by atoms with Gasteiger partial charge in [-0.3, -0.25) is 4.79 Å². The number of amides is 1. The molecule has 1 atom stereocenters. The van der Waals surface area contributed by atoms with Gasteiger partial charge in [-0.25, -0.2) is 4.79 Å². The van der Waals surface area contributed by atoms with Gasteiger partial charge in [-0.1, -0.05) is 42.5 Å². The maximum atomic E-state index is 12.8. The maximum absolute atomic E-state index is 12.8. The highest BCUT2D eigenvalue weighted by Gasteiger charge is 2.34. The zero-order valence-corrected chi connectivity index (χ0v) is 13.4. The molecule has 5 nitrogen and oxygen atoms in total. The summed E-state index contributed by atoms with van der Waals surface area (Å²) in [6.45, 7) is 0.321. The Balaban J connectivity index is 1.86. The molecule has 1 heterocycles. The predicted octanol–water partition coefficient (Wildman–Crippen LogP) is 2.28. The third-order valence-electron chi connectivity index (χ3n) is 4.39. The summed E-state index contributed by atoms with van der Waals surface area (Å²) in [4.78, 5) is 25.9. The van der Waals surface area contributed by atoms with Crippen LogP contribution in [0.5, 0.6) is 5.75 Å². The lowest BCUT2D eigenvalue weighted by atomic mass is 9.93. The quantitative estimate of drug-likeness (QED) is 0.936. The van der Waals surface area contributed by atoms with Gasteiger partial charge in [-0.05, 0) is 17.2 Å². The smallest absolute Gasteiger partial charge is 0.326 e. The van der Waals surface area contributed by atoms with Crippen LogP contribution in [0, 0.1) is 0 Å². The average Bonchev–Trinajstić information content (AvgIpc) is 2.61. The molecule has 124 valence electrons. The van der Waals surface area contributed by atoms with E-state index in [2.05, 4.69) is 0 Å². The predicted molar refractivity (Wildman–Crippen MR) is 88.8 cm³/mol. The lowest BCUT2D eigenvalue weighted by molar-refractivity contribution is -0.151. The Morgan fingerprint density at radius 3 is 2.50 bits per heavy atom. The van der Waals surface area contributed by atoms with E-state index in [1.165, 1.54) is 4.90 Å². The lowest BCUT2D eigenvalue weighted by Crippen LogP contribution is -2.49. The molecule has 1 N–H and O–H groups in total. The number of ether oxygens (including phenoxy) is 1. The van der Waals surface area contributed by atoms with Crippen LogP contribution in [0.2, 0.25) is 0 Å². The van der Waals surface area contributed by atoms with Gasteiger partial charge in [0.1, 0.15) is 11.8 Å². The van der Waals surface area contributed by atoms with E-state index in [1.54, 1.807) is 13.2 Å². The Morgan fingerprint density at radius 2 is 1.79 bits per heavy atom. The molecule has 0 bridgehead atoms. The van der Waals surface area contributed by atoms with Crippen molar-refractivity contribution in [3.05, 3.63) is 65.2 Å². The van der Waals surface area contributed by atoms with E-state index in [0.717, 1.165) is 16.7 Å². The van der Waals surface area contributed by atoms with Crippen LogP contribution in [0.1, 0.15) is 16.7 Å². The number of rotatable bonds is 4. The van der Waals surface area contributed by atoms with E-state index in [9.17, 15) is 14.7 Å². The van der Waals surface area contributed by atoms with Gasteiger partial charge in [-0.2, -0.15) is 0 Å². The fourth-order valence-corrected chi connectivity index (χ4v) is 3.12. The van der Waals surface area contributed by atoms with E-state index >= 15 is 0 Å². The molecule has 2 aromatic carbocycles. The van der Waals surface area contributed by atoms with Crippen LogP contribution in [-0.2, 0) is 29.0 Å². The second kappa shape index (κ2) is 6.74. The van der Waals surface area contributed by atoms with Crippen molar-refractivity contribution in [1.29, 1.82) is 0 Å².